The van der Waals surface area contributed by atoms with Gasteiger partial charge in [0.25, 0.3) is 0 Å². The molecule has 0 spiro atoms. The molecule has 0 saturated carbocycles. The van der Waals surface area contributed by atoms with E-state index in [4.69, 9.17) is 21.1 Å². The van der Waals surface area contributed by atoms with Gasteiger partial charge in [-0.15, -0.1) is 0 Å². The number of nitrogens with zero attached hydrogens (tertiary/aromatic N) is 1. The molecule has 1 saturated heterocycles. The predicted octanol–water partition coefficient (Wildman–Crippen LogP) is 1.34. The van der Waals surface area contributed by atoms with E-state index in [9.17, 15) is 4.79 Å². The summed E-state index contributed by atoms with van der Waals surface area (Å²) in [6.45, 7) is 4.94. The molecule has 1 N–H and O–H groups in total. The maximum Gasteiger partial charge on any atom is 0.224 e. The van der Waals surface area contributed by atoms with Crippen molar-refractivity contribution in [2.45, 2.75) is 6.42 Å². The summed E-state index contributed by atoms with van der Waals surface area (Å²) >= 11 is 6.04. The van der Waals surface area contributed by atoms with Crippen molar-refractivity contribution in [3.63, 3.8) is 0 Å². The molecule has 0 aliphatic carbocycles. The third-order valence-corrected chi connectivity index (χ3v) is 3.73. The summed E-state index contributed by atoms with van der Waals surface area (Å²) in [6, 6.07) is 5.40. The third-order valence-electron chi connectivity index (χ3n) is 3.43. The number of morpholine rings is 1. The van der Waals surface area contributed by atoms with E-state index in [0.717, 1.165) is 38.4 Å². The molecule has 0 atom stereocenters. The number of benzene rings is 1. The minimum absolute atomic E-state index is 0.00416. The average molecular weight is 313 g/mol. The van der Waals surface area contributed by atoms with Gasteiger partial charge in [0, 0.05) is 26.2 Å². The maximum absolute atomic E-state index is 11.9. The first-order chi connectivity index (χ1) is 10.2. The van der Waals surface area contributed by atoms with Gasteiger partial charge in [-0.2, -0.15) is 0 Å². The normalized spacial score (nSPS) is 15.7. The Hall–Kier alpha value is -1.30. The highest BCUT2D eigenvalue weighted by molar-refractivity contribution is 6.32. The second-order valence-corrected chi connectivity index (χ2v) is 5.36. The number of carbonyl (C=O) groups excluding carboxylic acids is 1. The zero-order chi connectivity index (χ0) is 15.1. The zero-order valence-corrected chi connectivity index (χ0v) is 13.0. The number of rotatable bonds is 6. The maximum atomic E-state index is 11.9. The van der Waals surface area contributed by atoms with Crippen LogP contribution in [0.3, 0.4) is 0 Å². The summed E-state index contributed by atoms with van der Waals surface area (Å²) in [5.74, 6) is 0.623. The molecule has 1 aliphatic heterocycles. The van der Waals surface area contributed by atoms with Gasteiger partial charge in [-0.1, -0.05) is 17.7 Å². The monoisotopic (exact) mass is 312 g/mol. The molecule has 2 rings (SSSR count). The largest absolute Gasteiger partial charge is 0.495 e. The highest BCUT2D eigenvalue weighted by Gasteiger charge is 2.11. The summed E-state index contributed by atoms with van der Waals surface area (Å²) in [5, 5.41) is 3.45. The van der Waals surface area contributed by atoms with Gasteiger partial charge >= 0.3 is 0 Å². The molecule has 21 heavy (non-hydrogen) atoms. The van der Waals surface area contributed by atoms with Crippen LogP contribution in [0.2, 0.25) is 5.02 Å². The second kappa shape index (κ2) is 8.22. The summed E-state index contributed by atoms with van der Waals surface area (Å²) in [4.78, 5) is 14.2. The average Bonchev–Trinajstić information content (AvgIpc) is 2.48. The van der Waals surface area contributed by atoms with Crippen molar-refractivity contribution < 1.29 is 14.3 Å². The lowest BCUT2D eigenvalue weighted by Crippen LogP contribution is -2.41. The Morgan fingerprint density at radius 3 is 2.86 bits per heavy atom. The van der Waals surface area contributed by atoms with Crippen LogP contribution >= 0.6 is 11.6 Å². The minimum Gasteiger partial charge on any atom is -0.495 e. The molecule has 1 aromatic carbocycles. The van der Waals surface area contributed by atoms with Crippen LogP contribution in [0.5, 0.6) is 5.75 Å². The van der Waals surface area contributed by atoms with Crippen molar-refractivity contribution in [1.29, 1.82) is 0 Å². The highest BCUT2D eigenvalue weighted by atomic mass is 35.5. The molecule has 0 bridgehead atoms. The van der Waals surface area contributed by atoms with Crippen LogP contribution in [0.15, 0.2) is 18.2 Å². The number of hydrogen-bond acceptors (Lipinski definition) is 4. The lowest BCUT2D eigenvalue weighted by molar-refractivity contribution is -0.120. The summed E-state index contributed by atoms with van der Waals surface area (Å²) < 4.78 is 10.4. The van der Waals surface area contributed by atoms with Crippen LogP contribution in [0.1, 0.15) is 5.56 Å². The van der Waals surface area contributed by atoms with E-state index in [2.05, 4.69) is 10.2 Å². The van der Waals surface area contributed by atoms with Gasteiger partial charge < -0.3 is 14.8 Å². The quantitative estimate of drug-likeness (QED) is 0.861. The molecular formula is C15H21ClN2O3. The molecule has 1 aliphatic rings. The van der Waals surface area contributed by atoms with E-state index in [1.54, 1.807) is 19.2 Å². The van der Waals surface area contributed by atoms with Crippen molar-refractivity contribution in [3.8, 4) is 5.75 Å². The van der Waals surface area contributed by atoms with Gasteiger partial charge in [0.2, 0.25) is 5.91 Å². The molecule has 5 nitrogen and oxygen atoms in total. The number of ether oxygens (including phenoxy) is 2. The summed E-state index contributed by atoms with van der Waals surface area (Å²) in [7, 11) is 1.57. The molecule has 1 amide bonds. The molecule has 0 radical (unpaired) electrons. The van der Waals surface area contributed by atoms with E-state index < -0.39 is 0 Å². The molecule has 0 aromatic heterocycles. The Kier molecular flexibility index (Phi) is 6.29. The fourth-order valence-corrected chi connectivity index (χ4v) is 2.53. The molecule has 116 valence electrons. The van der Waals surface area contributed by atoms with Gasteiger partial charge in [-0.3, -0.25) is 9.69 Å². The summed E-state index contributed by atoms with van der Waals surface area (Å²) in [6.07, 6.45) is 0.326. The standard InChI is InChI=1S/C15H21ClN2O3/c1-20-14-3-2-12(10-13(14)16)11-15(19)17-4-5-18-6-8-21-9-7-18/h2-3,10H,4-9,11H2,1H3,(H,17,19). The third kappa shape index (κ3) is 5.19. The van der Waals surface area contributed by atoms with Crippen molar-refractivity contribution in [2.24, 2.45) is 0 Å². The van der Waals surface area contributed by atoms with Crippen LogP contribution in [0.25, 0.3) is 0 Å². The zero-order valence-electron chi connectivity index (χ0n) is 12.2. The fraction of sp³-hybridized carbons (Fsp3) is 0.533. The van der Waals surface area contributed by atoms with E-state index in [-0.39, 0.29) is 5.91 Å². The van der Waals surface area contributed by atoms with Crippen LogP contribution in [-0.2, 0) is 16.0 Å². The Morgan fingerprint density at radius 1 is 1.43 bits per heavy atom. The first kappa shape index (κ1) is 16.1. The van der Waals surface area contributed by atoms with E-state index >= 15 is 0 Å². The van der Waals surface area contributed by atoms with Gasteiger partial charge in [0.05, 0.1) is 31.8 Å². The fourth-order valence-electron chi connectivity index (χ4n) is 2.25. The molecular weight excluding hydrogens is 292 g/mol. The first-order valence-corrected chi connectivity index (χ1v) is 7.46. The SMILES string of the molecule is COc1ccc(CC(=O)NCCN2CCOCC2)cc1Cl. The highest BCUT2D eigenvalue weighted by Crippen LogP contribution is 2.24. The van der Waals surface area contributed by atoms with Gasteiger partial charge in [-0.25, -0.2) is 0 Å². The molecule has 1 fully saturated rings. The Bertz CT molecular complexity index is 476. The number of nitrogens with one attached hydrogen (secondary N) is 1. The molecule has 0 unspecified atom stereocenters. The second-order valence-electron chi connectivity index (χ2n) is 4.95. The van der Waals surface area contributed by atoms with Crippen LogP contribution < -0.4 is 10.1 Å². The number of halogens is 1. The number of methoxy groups -OCH3 is 1. The topological polar surface area (TPSA) is 50.8 Å². The Morgan fingerprint density at radius 2 is 2.19 bits per heavy atom. The van der Waals surface area contributed by atoms with Crippen molar-refractivity contribution in [3.05, 3.63) is 28.8 Å². The smallest absolute Gasteiger partial charge is 0.224 e. The lowest BCUT2D eigenvalue weighted by atomic mass is 10.1. The molecule has 1 heterocycles. The first-order valence-electron chi connectivity index (χ1n) is 7.08. The lowest BCUT2D eigenvalue weighted by Gasteiger charge is -2.26. The van der Waals surface area contributed by atoms with Crippen molar-refractivity contribution in [2.75, 3.05) is 46.5 Å². The van der Waals surface area contributed by atoms with Crippen LogP contribution in [0, 0.1) is 0 Å². The van der Waals surface area contributed by atoms with E-state index in [0.29, 0.717) is 23.7 Å². The minimum atomic E-state index is 0.00416. The molecule has 6 heteroatoms. The van der Waals surface area contributed by atoms with Gasteiger partial charge in [0.15, 0.2) is 0 Å². The number of hydrogen-bond donors (Lipinski definition) is 1. The Labute approximate surface area is 130 Å². The van der Waals surface area contributed by atoms with Crippen molar-refractivity contribution >= 4 is 17.5 Å². The number of amides is 1. The van der Waals surface area contributed by atoms with Gasteiger partial charge in [0.1, 0.15) is 5.75 Å². The van der Waals surface area contributed by atoms with Crippen LogP contribution in [-0.4, -0.2) is 57.3 Å². The Balaban J connectivity index is 1.72. The number of carbonyl (C=O) groups is 1. The van der Waals surface area contributed by atoms with Crippen molar-refractivity contribution in [1.82, 2.24) is 10.2 Å². The van der Waals surface area contributed by atoms with Crippen LogP contribution in [0.4, 0.5) is 0 Å². The van der Waals surface area contributed by atoms with E-state index in [1.807, 2.05) is 6.07 Å². The predicted molar refractivity (Wildman–Crippen MR) is 82.0 cm³/mol. The van der Waals surface area contributed by atoms with E-state index in [1.165, 1.54) is 0 Å². The summed E-state index contributed by atoms with van der Waals surface area (Å²) in [5.41, 5.74) is 0.879. The van der Waals surface area contributed by atoms with Gasteiger partial charge in [-0.05, 0) is 17.7 Å². The molecule has 1 aromatic rings.